The third-order valence-corrected chi connectivity index (χ3v) is 5.50. The lowest BCUT2D eigenvalue weighted by molar-refractivity contribution is -0.138. The Morgan fingerprint density at radius 2 is 2.17 bits per heavy atom. The zero-order valence-electron chi connectivity index (χ0n) is 13.3. The standard InChI is InChI=1S/C13H17FIN4O4P/c1-21-11-9-10(16-4-17-11)19(5-18-9)12-7(14)8(15)13(23-12)22-6-24(2,3)20/h4-5,7-8,12-13H,6H2,1-3H3/t7-,8-,12+,13-/m0/s1. The Bertz CT molecular complexity index is 784. The Morgan fingerprint density at radius 3 is 2.83 bits per heavy atom. The van der Waals surface area contributed by atoms with E-state index in [2.05, 4.69) is 15.0 Å². The minimum absolute atomic E-state index is 0.0390. The fraction of sp³-hybridized carbons (Fsp3) is 0.615. The van der Waals surface area contributed by atoms with Crippen LogP contribution in [-0.4, -0.2) is 62.7 Å². The number of aromatic nitrogens is 4. The Kier molecular flexibility index (Phi) is 5.10. The van der Waals surface area contributed by atoms with Crippen LogP contribution >= 0.6 is 29.7 Å². The first-order chi connectivity index (χ1) is 11.3. The number of fused-ring (bicyclic) bond motifs is 1. The van der Waals surface area contributed by atoms with E-state index in [1.54, 1.807) is 13.3 Å². The minimum Gasteiger partial charge on any atom is -0.479 e. The zero-order chi connectivity index (χ0) is 17.5. The van der Waals surface area contributed by atoms with Gasteiger partial charge in [0, 0.05) is 0 Å². The number of halogens is 2. The molecule has 0 saturated carbocycles. The first kappa shape index (κ1) is 18.0. The van der Waals surface area contributed by atoms with Gasteiger partial charge < -0.3 is 18.8 Å². The third kappa shape index (κ3) is 3.42. The van der Waals surface area contributed by atoms with Crippen molar-refractivity contribution in [3.05, 3.63) is 12.7 Å². The van der Waals surface area contributed by atoms with Crippen molar-refractivity contribution in [3.8, 4) is 5.88 Å². The number of methoxy groups -OCH3 is 1. The number of hydrogen-bond acceptors (Lipinski definition) is 7. The monoisotopic (exact) mass is 470 g/mol. The van der Waals surface area contributed by atoms with Gasteiger partial charge in [-0.15, -0.1) is 0 Å². The van der Waals surface area contributed by atoms with Crippen molar-refractivity contribution >= 4 is 40.9 Å². The van der Waals surface area contributed by atoms with Crippen molar-refractivity contribution in [3.63, 3.8) is 0 Å². The number of ether oxygens (including phenoxy) is 3. The van der Waals surface area contributed by atoms with Gasteiger partial charge in [0.15, 0.2) is 29.9 Å². The number of hydrogen-bond donors (Lipinski definition) is 0. The first-order valence-corrected chi connectivity index (χ1v) is 11.2. The van der Waals surface area contributed by atoms with Crippen molar-refractivity contribution in [1.29, 1.82) is 0 Å². The van der Waals surface area contributed by atoms with Gasteiger partial charge >= 0.3 is 0 Å². The molecule has 0 radical (unpaired) electrons. The summed E-state index contributed by atoms with van der Waals surface area (Å²) >= 11 is 1.94. The smallest absolute Gasteiger partial charge is 0.245 e. The lowest BCUT2D eigenvalue weighted by Crippen LogP contribution is -2.24. The van der Waals surface area contributed by atoms with E-state index in [1.165, 1.54) is 24.3 Å². The summed E-state index contributed by atoms with van der Waals surface area (Å²) < 4.78 is 43.8. The second-order valence-corrected chi connectivity index (χ2v) is 10.7. The van der Waals surface area contributed by atoms with Crippen LogP contribution in [0.15, 0.2) is 12.7 Å². The van der Waals surface area contributed by atoms with E-state index in [1.807, 2.05) is 22.6 Å². The molecule has 0 bridgehead atoms. The molecular formula is C13H17FIN4O4P. The molecule has 1 aliphatic rings. The summed E-state index contributed by atoms with van der Waals surface area (Å²) in [5.41, 5.74) is 0.840. The van der Waals surface area contributed by atoms with Crippen LogP contribution in [-0.2, 0) is 14.0 Å². The highest BCUT2D eigenvalue weighted by Crippen LogP contribution is 2.42. The summed E-state index contributed by atoms with van der Waals surface area (Å²) in [5.74, 6) is 0.309. The van der Waals surface area contributed by atoms with E-state index in [9.17, 15) is 8.96 Å². The maximum absolute atomic E-state index is 14.7. The SMILES string of the molecule is COc1ncnc2c1ncn2[C@@H]1O[C@H](OCP(C)(C)=O)[C@@H](I)[C@@H]1F. The maximum atomic E-state index is 14.7. The summed E-state index contributed by atoms with van der Waals surface area (Å²) in [6.45, 7) is 3.22. The fourth-order valence-electron chi connectivity index (χ4n) is 2.36. The Labute approximate surface area is 151 Å². The molecule has 24 heavy (non-hydrogen) atoms. The topological polar surface area (TPSA) is 88.4 Å². The van der Waals surface area contributed by atoms with Gasteiger partial charge in [0.1, 0.15) is 19.8 Å². The second-order valence-electron chi connectivity index (χ2n) is 5.86. The molecule has 4 atom stereocenters. The van der Waals surface area contributed by atoms with Gasteiger partial charge in [-0.05, 0) is 13.3 Å². The van der Waals surface area contributed by atoms with Crippen molar-refractivity contribution in [2.24, 2.45) is 0 Å². The lowest BCUT2D eigenvalue weighted by Gasteiger charge is -2.17. The van der Waals surface area contributed by atoms with E-state index in [-0.39, 0.29) is 6.35 Å². The summed E-state index contributed by atoms with van der Waals surface area (Å²) in [6.07, 6.45) is -0.259. The number of imidazole rings is 1. The maximum Gasteiger partial charge on any atom is 0.245 e. The van der Waals surface area contributed by atoms with E-state index < -0.39 is 29.8 Å². The minimum atomic E-state index is -2.38. The van der Waals surface area contributed by atoms with Gasteiger partial charge in [-0.1, -0.05) is 22.6 Å². The molecule has 0 aliphatic carbocycles. The fourth-order valence-corrected chi connectivity index (χ4v) is 3.60. The molecule has 2 aromatic rings. The lowest BCUT2D eigenvalue weighted by atomic mass is 10.3. The summed E-state index contributed by atoms with van der Waals surface area (Å²) in [6, 6.07) is 0. The molecule has 0 amide bonds. The molecule has 11 heteroatoms. The molecule has 3 rings (SSSR count). The predicted octanol–water partition coefficient (Wildman–Crippen LogP) is 2.43. The molecule has 132 valence electrons. The molecule has 0 aromatic carbocycles. The van der Waals surface area contributed by atoms with Crippen molar-refractivity contribution in [2.45, 2.75) is 22.6 Å². The number of rotatable bonds is 5. The van der Waals surface area contributed by atoms with Gasteiger partial charge in [0.25, 0.3) is 0 Å². The zero-order valence-corrected chi connectivity index (χ0v) is 16.3. The molecule has 0 unspecified atom stereocenters. The molecule has 2 aromatic heterocycles. The van der Waals surface area contributed by atoms with Crippen LogP contribution in [0.4, 0.5) is 4.39 Å². The first-order valence-electron chi connectivity index (χ1n) is 7.12. The van der Waals surface area contributed by atoms with Gasteiger partial charge in [0.2, 0.25) is 5.88 Å². The molecule has 1 fully saturated rings. The van der Waals surface area contributed by atoms with Gasteiger partial charge in [0.05, 0.1) is 17.4 Å². The highest BCUT2D eigenvalue weighted by Gasteiger charge is 2.46. The Hall–Kier alpha value is -0.840. The largest absolute Gasteiger partial charge is 0.479 e. The van der Waals surface area contributed by atoms with Crippen LogP contribution in [0.1, 0.15) is 6.23 Å². The molecular weight excluding hydrogens is 453 g/mol. The van der Waals surface area contributed by atoms with Crippen LogP contribution in [0.2, 0.25) is 0 Å². The van der Waals surface area contributed by atoms with Crippen molar-refractivity contribution < 1.29 is 23.2 Å². The van der Waals surface area contributed by atoms with Gasteiger partial charge in [-0.3, -0.25) is 4.57 Å². The molecule has 0 spiro atoms. The molecule has 0 N–H and O–H groups in total. The highest BCUT2D eigenvalue weighted by molar-refractivity contribution is 14.1. The van der Waals surface area contributed by atoms with E-state index >= 15 is 0 Å². The van der Waals surface area contributed by atoms with E-state index in [4.69, 9.17) is 14.2 Å². The van der Waals surface area contributed by atoms with Crippen LogP contribution < -0.4 is 4.74 Å². The number of alkyl halides is 2. The summed E-state index contributed by atoms with van der Waals surface area (Å²) in [7, 11) is -0.903. The highest BCUT2D eigenvalue weighted by atomic mass is 127. The molecule has 1 saturated heterocycles. The Balaban J connectivity index is 1.86. The van der Waals surface area contributed by atoms with E-state index in [0.717, 1.165) is 0 Å². The quantitative estimate of drug-likeness (QED) is 0.377. The van der Waals surface area contributed by atoms with E-state index in [0.29, 0.717) is 17.0 Å². The Morgan fingerprint density at radius 1 is 1.42 bits per heavy atom. The average Bonchev–Trinajstić information content (AvgIpc) is 3.07. The van der Waals surface area contributed by atoms with Crippen molar-refractivity contribution in [1.82, 2.24) is 19.5 Å². The van der Waals surface area contributed by atoms with Crippen LogP contribution in [0, 0.1) is 0 Å². The third-order valence-electron chi connectivity index (χ3n) is 3.45. The van der Waals surface area contributed by atoms with Crippen LogP contribution in [0.5, 0.6) is 5.88 Å². The predicted molar refractivity (Wildman–Crippen MR) is 93.9 cm³/mol. The summed E-state index contributed by atoms with van der Waals surface area (Å²) in [4.78, 5) is 12.3. The normalized spacial score (nSPS) is 27.7. The average molecular weight is 470 g/mol. The second kappa shape index (κ2) is 6.81. The summed E-state index contributed by atoms with van der Waals surface area (Å²) in [5, 5.41) is 0. The van der Waals surface area contributed by atoms with Crippen LogP contribution in [0.25, 0.3) is 11.2 Å². The molecule has 8 nitrogen and oxygen atoms in total. The number of nitrogens with zero attached hydrogens (tertiary/aromatic N) is 4. The van der Waals surface area contributed by atoms with Crippen molar-refractivity contribution in [2.75, 3.05) is 26.8 Å². The van der Waals surface area contributed by atoms with Gasteiger partial charge in [-0.2, -0.15) is 4.98 Å². The molecule has 3 heterocycles. The van der Waals surface area contributed by atoms with Gasteiger partial charge in [-0.25, -0.2) is 14.4 Å². The molecule has 1 aliphatic heterocycles. The van der Waals surface area contributed by atoms with Crippen LogP contribution in [0.3, 0.4) is 0 Å².